The van der Waals surface area contributed by atoms with Crippen LogP contribution >= 0.6 is 11.6 Å². The molecule has 29 heavy (non-hydrogen) atoms. The number of nitrogens with one attached hydrogen (secondary N) is 1. The van der Waals surface area contributed by atoms with Crippen LogP contribution in [0.25, 0.3) is 0 Å². The summed E-state index contributed by atoms with van der Waals surface area (Å²) in [5.41, 5.74) is 0.474. The minimum Gasteiger partial charge on any atom is -0.486 e. The molecule has 0 aliphatic carbocycles. The highest BCUT2D eigenvalue weighted by atomic mass is 35.5. The Labute approximate surface area is 170 Å². The first-order valence-electron chi connectivity index (χ1n) is 8.66. The summed E-state index contributed by atoms with van der Waals surface area (Å²) in [6.45, 7) is 2.29. The number of ether oxygens (including phenoxy) is 3. The van der Waals surface area contributed by atoms with Gasteiger partial charge in [-0.1, -0.05) is 17.7 Å². The average Bonchev–Trinajstić information content (AvgIpc) is 2.69. The quantitative estimate of drug-likeness (QED) is 0.433. The number of benzene rings is 2. The van der Waals surface area contributed by atoms with Crippen molar-refractivity contribution in [3.8, 4) is 11.5 Å². The molecule has 1 aliphatic rings. The van der Waals surface area contributed by atoms with Crippen LogP contribution in [-0.2, 0) is 20.7 Å². The highest BCUT2D eigenvalue weighted by Crippen LogP contribution is 2.31. The van der Waals surface area contributed by atoms with E-state index in [1.165, 1.54) is 19.1 Å². The van der Waals surface area contributed by atoms with E-state index in [0.29, 0.717) is 30.3 Å². The van der Waals surface area contributed by atoms with Gasteiger partial charge >= 0.3 is 5.97 Å². The van der Waals surface area contributed by atoms with E-state index in [1.54, 1.807) is 18.2 Å². The van der Waals surface area contributed by atoms with E-state index in [9.17, 15) is 19.7 Å². The van der Waals surface area contributed by atoms with Crippen molar-refractivity contribution < 1.29 is 28.7 Å². The first kappa shape index (κ1) is 20.4. The van der Waals surface area contributed by atoms with Crippen LogP contribution < -0.4 is 14.8 Å². The number of hydrogen-bond donors (Lipinski definition) is 1. The molecule has 2 aromatic carbocycles. The highest BCUT2D eigenvalue weighted by Gasteiger charge is 2.21. The Bertz CT molecular complexity index is 964. The lowest BCUT2D eigenvalue weighted by atomic mass is 10.1. The summed E-state index contributed by atoms with van der Waals surface area (Å²) in [4.78, 5) is 34.7. The van der Waals surface area contributed by atoms with Gasteiger partial charge in [-0.05, 0) is 30.7 Å². The second-order valence-electron chi connectivity index (χ2n) is 6.20. The zero-order chi connectivity index (χ0) is 21.0. The number of carbonyl (C=O) groups is 2. The molecule has 0 aromatic heterocycles. The number of nitro benzene ring substituents is 1. The smallest absolute Gasteiger partial charge is 0.311 e. The summed E-state index contributed by atoms with van der Waals surface area (Å²) in [6, 6.07) is 8.75. The molecule has 1 unspecified atom stereocenters. The van der Waals surface area contributed by atoms with Crippen molar-refractivity contribution in [2.45, 2.75) is 19.4 Å². The van der Waals surface area contributed by atoms with Crippen LogP contribution in [0.3, 0.4) is 0 Å². The van der Waals surface area contributed by atoms with Crippen LogP contribution in [0, 0.1) is 10.1 Å². The molecule has 2 aromatic rings. The first-order chi connectivity index (χ1) is 13.8. The molecular formula is C19H17ClN2O7. The second-order valence-corrected chi connectivity index (χ2v) is 6.60. The minimum absolute atomic E-state index is 0.0561. The maximum absolute atomic E-state index is 12.3. The fraction of sp³-hybridized carbons (Fsp3) is 0.263. The van der Waals surface area contributed by atoms with Crippen LogP contribution in [0.5, 0.6) is 11.5 Å². The Morgan fingerprint density at radius 3 is 2.66 bits per heavy atom. The maximum Gasteiger partial charge on any atom is 0.311 e. The molecule has 0 fully saturated rings. The number of anilines is 1. The molecule has 1 amide bonds. The zero-order valence-corrected chi connectivity index (χ0v) is 16.1. The van der Waals surface area contributed by atoms with E-state index in [0.717, 1.165) is 6.07 Å². The van der Waals surface area contributed by atoms with Crippen molar-refractivity contribution in [1.29, 1.82) is 0 Å². The second kappa shape index (κ2) is 8.78. The van der Waals surface area contributed by atoms with Gasteiger partial charge in [-0.15, -0.1) is 0 Å². The summed E-state index contributed by atoms with van der Waals surface area (Å²) in [5.74, 6) is -0.125. The van der Waals surface area contributed by atoms with Crippen molar-refractivity contribution in [3.63, 3.8) is 0 Å². The van der Waals surface area contributed by atoms with Gasteiger partial charge in [0.25, 0.3) is 11.6 Å². The third kappa shape index (κ3) is 5.14. The molecule has 1 heterocycles. The number of amides is 1. The number of hydrogen-bond acceptors (Lipinski definition) is 7. The predicted molar refractivity (Wildman–Crippen MR) is 103 cm³/mol. The number of fused-ring (bicyclic) bond motifs is 1. The lowest BCUT2D eigenvalue weighted by Gasteiger charge is -2.19. The topological polar surface area (TPSA) is 117 Å². The molecule has 0 bridgehead atoms. The normalized spacial score (nSPS) is 13.3. The maximum atomic E-state index is 12.3. The summed E-state index contributed by atoms with van der Waals surface area (Å²) >= 11 is 5.95. The van der Waals surface area contributed by atoms with Gasteiger partial charge in [0.15, 0.2) is 17.6 Å². The van der Waals surface area contributed by atoms with Crippen molar-refractivity contribution in [1.82, 2.24) is 0 Å². The molecule has 3 rings (SSSR count). The van der Waals surface area contributed by atoms with Crippen molar-refractivity contribution in [3.05, 3.63) is 57.1 Å². The van der Waals surface area contributed by atoms with E-state index >= 15 is 0 Å². The van der Waals surface area contributed by atoms with Gasteiger partial charge in [0, 0.05) is 12.1 Å². The van der Waals surface area contributed by atoms with Crippen LogP contribution in [0.4, 0.5) is 11.4 Å². The van der Waals surface area contributed by atoms with Crippen LogP contribution in [0.15, 0.2) is 36.4 Å². The van der Waals surface area contributed by atoms with E-state index in [-0.39, 0.29) is 22.8 Å². The minimum atomic E-state index is -1.13. The van der Waals surface area contributed by atoms with E-state index in [4.69, 9.17) is 25.8 Å². The molecule has 1 N–H and O–H groups in total. The average molecular weight is 421 g/mol. The Morgan fingerprint density at radius 2 is 1.93 bits per heavy atom. The number of nitrogens with zero attached hydrogens (tertiary/aromatic N) is 1. The van der Waals surface area contributed by atoms with Crippen LogP contribution in [0.1, 0.15) is 12.5 Å². The van der Waals surface area contributed by atoms with Crippen LogP contribution in [-0.4, -0.2) is 36.1 Å². The fourth-order valence-corrected chi connectivity index (χ4v) is 2.78. The molecule has 0 spiro atoms. The van der Waals surface area contributed by atoms with Gasteiger partial charge in [0.05, 0.1) is 22.1 Å². The molecule has 0 saturated heterocycles. The van der Waals surface area contributed by atoms with Crippen molar-refractivity contribution in [2.24, 2.45) is 0 Å². The lowest BCUT2D eigenvalue weighted by molar-refractivity contribution is -0.384. The Morgan fingerprint density at radius 1 is 1.21 bits per heavy atom. The standard InChI is InChI=1S/C19H17ClN2O7/c1-11(19(24)21-15-10-13(22(25)26)3-4-14(15)20)29-18(23)9-12-2-5-16-17(8-12)28-7-6-27-16/h2-5,8,10-11H,6-7,9H2,1H3,(H,21,24). The Hall–Kier alpha value is -3.33. The molecule has 1 aliphatic heterocycles. The molecule has 1 atom stereocenters. The molecule has 10 heteroatoms. The third-order valence-electron chi connectivity index (χ3n) is 4.05. The van der Waals surface area contributed by atoms with E-state index in [2.05, 4.69) is 5.32 Å². The number of esters is 1. The Kier molecular flexibility index (Phi) is 6.18. The Balaban J connectivity index is 1.59. The third-order valence-corrected chi connectivity index (χ3v) is 4.38. The van der Waals surface area contributed by atoms with Gasteiger partial charge < -0.3 is 19.5 Å². The summed E-state index contributed by atoms with van der Waals surface area (Å²) in [7, 11) is 0. The number of nitro groups is 1. The fourth-order valence-electron chi connectivity index (χ4n) is 2.61. The first-order valence-corrected chi connectivity index (χ1v) is 9.04. The molecule has 0 saturated carbocycles. The number of rotatable bonds is 6. The van der Waals surface area contributed by atoms with Gasteiger partial charge in [-0.25, -0.2) is 0 Å². The van der Waals surface area contributed by atoms with E-state index in [1.807, 2.05) is 0 Å². The summed E-state index contributed by atoms with van der Waals surface area (Å²) < 4.78 is 16.0. The zero-order valence-electron chi connectivity index (χ0n) is 15.3. The van der Waals surface area contributed by atoms with Gasteiger partial charge in [0.2, 0.25) is 0 Å². The lowest BCUT2D eigenvalue weighted by Crippen LogP contribution is -2.30. The number of halogens is 1. The van der Waals surface area contributed by atoms with Crippen molar-refractivity contribution >= 4 is 34.9 Å². The molecule has 152 valence electrons. The van der Waals surface area contributed by atoms with Crippen LogP contribution in [0.2, 0.25) is 5.02 Å². The van der Waals surface area contributed by atoms with Crippen molar-refractivity contribution in [2.75, 3.05) is 18.5 Å². The predicted octanol–water partition coefficient (Wildman–Crippen LogP) is 3.13. The van der Waals surface area contributed by atoms with Gasteiger partial charge in [0.1, 0.15) is 13.2 Å². The molecule has 9 nitrogen and oxygen atoms in total. The number of carbonyl (C=O) groups excluding carboxylic acids is 2. The monoisotopic (exact) mass is 420 g/mol. The van der Waals surface area contributed by atoms with Gasteiger partial charge in [-0.3, -0.25) is 19.7 Å². The molecular weight excluding hydrogens is 404 g/mol. The largest absolute Gasteiger partial charge is 0.486 e. The SMILES string of the molecule is CC(OC(=O)Cc1ccc2c(c1)OCCO2)C(=O)Nc1cc([N+](=O)[O-])ccc1Cl. The molecule has 0 radical (unpaired) electrons. The summed E-state index contributed by atoms with van der Waals surface area (Å²) in [5, 5.41) is 13.4. The number of non-ortho nitro benzene ring substituents is 1. The van der Waals surface area contributed by atoms with E-state index < -0.39 is 22.9 Å². The highest BCUT2D eigenvalue weighted by molar-refractivity contribution is 6.33. The van der Waals surface area contributed by atoms with Gasteiger partial charge in [-0.2, -0.15) is 0 Å². The summed E-state index contributed by atoms with van der Waals surface area (Å²) in [6.07, 6.45) is -1.19.